The summed E-state index contributed by atoms with van der Waals surface area (Å²) in [4.78, 5) is 23.5. The topological polar surface area (TPSA) is 74.6 Å². The van der Waals surface area contributed by atoms with Crippen molar-refractivity contribution in [2.45, 2.75) is 10.5 Å². The molecule has 3 rings (SSSR count). The van der Waals surface area contributed by atoms with Crippen LogP contribution in [-0.4, -0.2) is 30.5 Å². The van der Waals surface area contributed by atoms with Gasteiger partial charge in [-0.15, -0.1) is 0 Å². The maximum Gasteiger partial charge on any atom is 0.321 e. The van der Waals surface area contributed by atoms with Gasteiger partial charge in [-0.25, -0.2) is 0 Å². The lowest BCUT2D eigenvalue weighted by atomic mass is 10.1. The number of hydrogen-bond donors (Lipinski definition) is 2. The molecule has 2 atom stereocenters. The van der Waals surface area contributed by atoms with E-state index in [1.807, 2.05) is 12.1 Å². The number of rotatable bonds is 8. The number of thioether (sulfide) groups is 2. The standard InChI is InChI=1S/C24H18O4S4/c25-21(26)19(15-7-3-1-4-8-15)31-23(29)17-11-13-18(14-12-17)24(30)32-20(22(27)28)16-9-5-2-6-10-16/h1-14,19-20H,(H,25,26)(H,27,28)/t19-,20+. The third-order valence-corrected chi connectivity index (χ3v) is 7.83. The Morgan fingerprint density at radius 3 is 1.19 bits per heavy atom. The zero-order valence-electron chi connectivity index (χ0n) is 16.6. The predicted molar refractivity (Wildman–Crippen MR) is 139 cm³/mol. The Morgan fingerprint density at radius 2 is 0.906 bits per heavy atom. The SMILES string of the molecule is O=C(O)[C@@H](SC(=S)c1ccc(C(=S)S[C@@H](C(=O)O)c2ccccc2)cc1)c1ccccc1. The van der Waals surface area contributed by atoms with E-state index in [-0.39, 0.29) is 0 Å². The number of carboxylic acids is 2. The molecule has 0 unspecified atom stereocenters. The van der Waals surface area contributed by atoms with Crippen LogP contribution in [0.1, 0.15) is 32.8 Å². The van der Waals surface area contributed by atoms with Crippen molar-refractivity contribution in [3.8, 4) is 0 Å². The molecule has 0 bridgehead atoms. The van der Waals surface area contributed by atoms with Gasteiger partial charge in [-0.1, -0.05) is 133 Å². The molecule has 0 radical (unpaired) electrons. The van der Waals surface area contributed by atoms with Crippen LogP contribution in [0, 0.1) is 0 Å². The molecular weight excluding hydrogens is 481 g/mol. The summed E-state index contributed by atoms with van der Waals surface area (Å²) in [7, 11) is 0. The van der Waals surface area contributed by atoms with E-state index in [4.69, 9.17) is 24.4 Å². The molecule has 0 spiro atoms. The third-order valence-electron chi connectivity index (χ3n) is 4.46. The van der Waals surface area contributed by atoms with Crippen LogP contribution in [0.3, 0.4) is 0 Å². The quantitative estimate of drug-likeness (QED) is 0.358. The minimum atomic E-state index is -0.960. The molecule has 4 nitrogen and oxygen atoms in total. The maximum absolute atomic E-state index is 11.7. The number of thiocarbonyl (C=S) groups is 2. The molecule has 32 heavy (non-hydrogen) atoms. The van der Waals surface area contributed by atoms with Gasteiger partial charge < -0.3 is 10.2 Å². The van der Waals surface area contributed by atoms with Crippen molar-refractivity contribution in [3.63, 3.8) is 0 Å². The first-order valence-electron chi connectivity index (χ1n) is 9.44. The first-order valence-corrected chi connectivity index (χ1v) is 12.0. The average Bonchev–Trinajstić information content (AvgIpc) is 2.81. The molecule has 0 fully saturated rings. The van der Waals surface area contributed by atoms with Crippen LogP contribution >= 0.6 is 48.0 Å². The summed E-state index contributed by atoms with van der Waals surface area (Å²) in [6.07, 6.45) is 0. The van der Waals surface area contributed by atoms with Gasteiger partial charge in [-0.2, -0.15) is 0 Å². The second kappa shape index (κ2) is 11.4. The second-order valence-corrected chi connectivity index (χ2v) is 10.2. The first kappa shape index (κ1) is 24.1. The molecule has 162 valence electrons. The number of carboxylic acid groups (broad SMARTS) is 2. The van der Waals surface area contributed by atoms with Gasteiger partial charge in [-0.05, 0) is 22.3 Å². The van der Waals surface area contributed by atoms with Crippen LogP contribution in [0.25, 0.3) is 0 Å². The van der Waals surface area contributed by atoms with E-state index >= 15 is 0 Å². The number of hydrogen-bond acceptors (Lipinski definition) is 6. The molecule has 0 saturated carbocycles. The van der Waals surface area contributed by atoms with Gasteiger partial charge in [-0.3, -0.25) is 9.59 Å². The predicted octanol–water partition coefficient (Wildman–Crippen LogP) is 6.16. The summed E-state index contributed by atoms with van der Waals surface area (Å²) in [5.74, 6) is -1.92. The Labute approximate surface area is 205 Å². The average molecular weight is 499 g/mol. The van der Waals surface area contributed by atoms with Crippen molar-refractivity contribution in [2.75, 3.05) is 0 Å². The van der Waals surface area contributed by atoms with Crippen molar-refractivity contribution in [2.24, 2.45) is 0 Å². The van der Waals surface area contributed by atoms with Crippen molar-refractivity contribution in [1.82, 2.24) is 0 Å². The molecule has 3 aromatic carbocycles. The Morgan fingerprint density at radius 1 is 0.594 bits per heavy atom. The van der Waals surface area contributed by atoms with Gasteiger partial charge in [0, 0.05) is 0 Å². The van der Waals surface area contributed by atoms with Crippen molar-refractivity contribution in [1.29, 1.82) is 0 Å². The fourth-order valence-corrected chi connectivity index (χ4v) is 5.48. The van der Waals surface area contributed by atoms with Gasteiger partial charge in [0.15, 0.2) is 0 Å². The second-order valence-electron chi connectivity index (χ2n) is 6.65. The molecule has 3 aromatic rings. The van der Waals surface area contributed by atoms with E-state index in [1.54, 1.807) is 72.8 Å². The van der Waals surface area contributed by atoms with E-state index in [2.05, 4.69) is 0 Å². The van der Waals surface area contributed by atoms with E-state index in [0.717, 1.165) is 23.5 Å². The fourth-order valence-electron chi connectivity index (χ4n) is 2.87. The smallest absolute Gasteiger partial charge is 0.321 e. The zero-order valence-corrected chi connectivity index (χ0v) is 19.8. The van der Waals surface area contributed by atoms with Crippen LogP contribution in [0.4, 0.5) is 0 Å². The molecule has 0 aliphatic heterocycles. The summed E-state index contributed by atoms with van der Waals surface area (Å²) < 4.78 is 0.915. The highest BCUT2D eigenvalue weighted by molar-refractivity contribution is 8.24. The summed E-state index contributed by atoms with van der Waals surface area (Å²) >= 11 is 13.2. The van der Waals surface area contributed by atoms with Crippen LogP contribution in [0.2, 0.25) is 0 Å². The molecule has 0 amide bonds. The monoisotopic (exact) mass is 498 g/mol. The molecular formula is C24H18O4S4. The minimum Gasteiger partial charge on any atom is -0.480 e. The Bertz CT molecular complexity index is 1030. The highest BCUT2D eigenvalue weighted by atomic mass is 32.2. The maximum atomic E-state index is 11.7. The van der Waals surface area contributed by atoms with E-state index in [1.165, 1.54) is 0 Å². The molecule has 8 heteroatoms. The third kappa shape index (κ3) is 6.26. The lowest BCUT2D eigenvalue weighted by molar-refractivity contribution is -0.137. The lowest BCUT2D eigenvalue weighted by Gasteiger charge is -2.15. The Balaban J connectivity index is 1.71. The summed E-state index contributed by atoms with van der Waals surface area (Å²) in [5, 5.41) is 17.6. The van der Waals surface area contributed by atoms with Gasteiger partial charge in [0.05, 0.1) is 8.39 Å². The number of carbonyl (C=O) groups is 2. The van der Waals surface area contributed by atoms with Gasteiger partial charge in [0.25, 0.3) is 0 Å². The Hall–Kier alpha value is -2.52. The zero-order chi connectivity index (χ0) is 23.1. The largest absolute Gasteiger partial charge is 0.480 e. The van der Waals surface area contributed by atoms with Crippen LogP contribution in [0.5, 0.6) is 0 Å². The normalized spacial score (nSPS) is 12.5. The van der Waals surface area contributed by atoms with E-state index < -0.39 is 22.4 Å². The number of aliphatic carboxylic acids is 2. The summed E-state index contributed by atoms with van der Waals surface area (Å²) in [6.45, 7) is 0. The molecule has 0 aliphatic rings. The van der Waals surface area contributed by atoms with Crippen molar-refractivity contribution < 1.29 is 19.8 Å². The highest BCUT2D eigenvalue weighted by Gasteiger charge is 2.24. The fraction of sp³-hybridized carbons (Fsp3) is 0.0833. The van der Waals surface area contributed by atoms with Crippen LogP contribution in [-0.2, 0) is 9.59 Å². The first-order chi connectivity index (χ1) is 15.4. The number of benzene rings is 3. The van der Waals surface area contributed by atoms with Crippen LogP contribution < -0.4 is 0 Å². The summed E-state index contributed by atoms with van der Waals surface area (Å²) in [6, 6.07) is 25.0. The van der Waals surface area contributed by atoms with Gasteiger partial charge in [0.1, 0.15) is 10.5 Å². The molecule has 2 N–H and O–H groups in total. The molecule has 0 aliphatic carbocycles. The van der Waals surface area contributed by atoms with Crippen molar-refractivity contribution >= 4 is 68.3 Å². The molecule has 0 aromatic heterocycles. The molecule has 0 saturated heterocycles. The summed E-state index contributed by atoms with van der Waals surface area (Å²) in [5.41, 5.74) is 2.76. The van der Waals surface area contributed by atoms with E-state index in [9.17, 15) is 19.8 Å². The minimum absolute atomic E-state index is 0.457. The molecule has 0 heterocycles. The Kier molecular flexibility index (Phi) is 8.58. The highest BCUT2D eigenvalue weighted by Crippen LogP contribution is 2.34. The lowest BCUT2D eigenvalue weighted by Crippen LogP contribution is -2.11. The van der Waals surface area contributed by atoms with E-state index in [0.29, 0.717) is 30.6 Å². The van der Waals surface area contributed by atoms with Crippen molar-refractivity contribution in [3.05, 3.63) is 107 Å². The van der Waals surface area contributed by atoms with Crippen LogP contribution in [0.15, 0.2) is 84.9 Å². The van der Waals surface area contributed by atoms with Gasteiger partial charge in [0.2, 0.25) is 0 Å². The van der Waals surface area contributed by atoms with Gasteiger partial charge >= 0.3 is 11.9 Å².